The zero-order valence-corrected chi connectivity index (χ0v) is 15.1. The summed E-state index contributed by atoms with van der Waals surface area (Å²) in [7, 11) is 3.64. The van der Waals surface area contributed by atoms with Gasteiger partial charge < -0.3 is 14.6 Å². The number of aromatic nitrogens is 2. The molecule has 1 aliphatic rings. The van der Waals surface area contributed by atoms with Crippen LogP contribution in [0.4, 0.5) is 0 Å². The molecule has 24 heavy (non-hydrogen) atoms. The lowest BCUT2D eigenvalue weighted by Crippen LogP contribution is -2.49. The van der Waals surface area contributed by atoms with Crippen LogP contribution < -0.4 is 5.32 Å². The van der Waals surface area contributed by atoms with Crippen LogP contribution in [0.3, 0.4) is 0 Å². The molecule has 1 aromatic heterocycles. The maximum Gasteiger partial charge on any atom is 0.234 e. The van der Waals surface area contributed by atoms with Crippen molar-refractivity contribution in [2.75, 3.05) is 33.9 Å². The predicted octanol–water partition coefficient (Wildman–Crippen LogP) is 2.01. The van der Waals surface area contributed by atoms with Crippen molar-refractivity contribution in [3.8, 4) is 0 Å². The third-order valence-corrected chi connectivity index (χ3v) is 4.59. The van der Waals surface area contributed by atoms with Gasteiger partial charge >= 0.3 is 0 Å². The van der Waals surface area contributed by atoms with E-state index in [2.05, 4.69) is 15.5 Å². The highest BCUT2D eigenvalue weighted by molar-refractivity contribution is 5.79. The van der Waals surface area contributed by atoms with Crippen molar-refractivity contribution < 1.29 is 14.1 Å². The Hall–Kier alpha value is -1.47. The summed E-state index contributed by atoms with van der Waals surface area (Å²) in [5.74, 6) is 1.18. The zero-order chi connectivity index (χ0) is 17.4. The number of amides is 1. The Morgan fingerprint density at radius 2 is 2.04 bits per heavy atom. The van der Waals surface area contributed by atoms with Gasteiger partial charge in [0.2, 0.25) is 11.8 Å². The Morgan fingerprint density at radius 3 is 2.62 bits per heavy atom. The minimum Gasteiger partial charge on any atom is -0.385 e. The van der Waals surface area contributed by atoms with E-state index in [1.54, 1.807) is 14.0 Å². The number of hydrogen-bond donors (Lipinski definition) is 1. The van der Waals surface area contributed by atoms with Gasteiger partial charge in [0.05, 0.1) is 6.54 Å². The Balaban J connectivity index is 2.01. The molecule has 1 fully saturated rings. The van der Waals surface area contributed by atoms with Crippen LogP contribution >= 0.6 is 0 Å². The van der Waals surface area contributed by atoms with Gasteiger partial charge in [-0.15, -0.1) is 0 Å². The number of likely N-dealkylation sites (N-methyl/N-ethyl adjacent to an activating group) is 1. The standard InChI is InChI=1S/C17H30N4O3/c1-14-18-16(20-24-14)17(9-6-4-5-7-10-17)19-15(22)13-21(2)11-8-12-23-3/h4-13H2,1-3H3,(H,19,22). The minimum absolute atomic E-state index is 0.0132. The molecule has 0 bridgehead atoms. The summed E-state index contributed by atoms with van der Waals surface area (Å²) in [5.41, 5.74) is -0.487. The Bertz CT molecular complexity index is 510. The van der Waals surface area contributed by atoms with E-state index >= 15 is 0 Å². The number of carbonyl (C=O) groups is 1. The van der Waals surface area contributed by atoms with Gasteiger partial charge in [0.1, 0.15) is 5.54 Å². The number of hydrogen-bond acceptors (Lipinski definition) is 6. The summed E-state index contributed by atoms with van der Waals surface area (Å²) >= 11 is 0. The van der Waals surface area contributed by atoms with Gasteiger partial charge in [0.25, 0.3) is 0 Å². The van der Waals surface area contributed by atoms with Crippen LogP contribution in [-0.4, -0.2) is 54.8 Å². The van der Waals surface area contributed by atoms with Gasteiger partial charge in [-0.05, 0) is 26.3 Å². The molecule has 7 nitrogen and oxygen atoms in total. The summed E-state index contributed by atoms with van der Waals surface area (Å²) in [6, 6.07) is 0. The lowest BCUT2D eigenvalue weighted by Gasteiger charge is -2.31. The summed E-state index contributed by atoms with van der Waals surface area (Å²) in [5, 5.41) is 7.34. The van der Waals surface area contributed by atoms with E-state index in [9.17, 15) is 4.79 Å². The predicted molar refractivity (Wildman–Crippen MR) is 90.5 cm³/mol. The van der Waals surface area contributed by atoms with Gasteiger partial charge in [0.15, 0.2) is 5.82 Å². The molecule has 1 aliphatic carbocycles. The average molecular weight is 338 g/mol. The van der Waals surface area contributed by atoms with E-state index in [-0.39, 0.29) is 5.91 Å². The molecule has 0 saturated heterocycles. The molecule has 0 spiro atoms. The van der Waals surface area contributed by atoms with Crippen molar-refractivity contribution in [1.82, 2.24) is 20.4 Å². The normalized spacial score (nSPS) is 17.7. The third-order valence-electron chi connectivity index (χ3n) is 4.59. The van der Waals surface area contributed by atoms with Crippen molar-refractivity contribution in [3.05, 3.63) is 11.7 Å². The Labute approximate surface area is 144 Å². The summed E-state index contributed by atoms with van der Waals surface area (Å²) in [6.07, 6.45) is 7.15. The molecule has 0 radical (unpaired) electrons. The fourth-order valence-electron chi connectivity index (χ4n) is 3.34. The smallest absolute Gasteiger partial charge is 0.234 e. The van der Waals surface area contributed by atoms with Gasteiger partial charge in [-0.2, -0.15) is 4.98 Å². The molecular weight excluding hydrogens is 308 g/mol. The number of aryl methyl sites for hydroxylation is 1. The highest BCUT2D eigenvalue weighted by Gasteiger charge is 2.38. The first-order valence-electron chi connectivity index (χ1n) is 8.85. The van der Waals surface area contributed by atoms with Crippen molar-refractivity contribution in [2.24, 2.45) is 0 Å². The number of rotatable bonds is 8. The van der Waals surface area contributed by atoms with E-state index in [4.69, 9.17) is 9.26 Å². The molecule has 1 saturated carbocycles. The van der Waals surface area contributed by atoms with Gasteiger partial charge in [-0.1, -0.05) is 30.8 Å². The number of nitrogens with one attached hydrogen (secondary N) is 1. The van der Waals surface area contributed by atoms with Crippen LogP contribution in [0.25, 0.3) is 0 Å². The number of nitrogens with zero attached hydrogens (tertiary/aromatic N) is 3. The molecule has 136 valence electrons. The molecule has 1 heterocycles. The molecule has 2 rings (SSSR count). The van der Waals surface area contributed by atoms with Crippen LogP contribution in [0, 0.1) is 6.92 Å². The van der Waals surface area contributed by atoms with Crippen LogP contribution in [0.2, 0.25) is 0 Å². The van der Waals surface area contributed by atoms with Crippen LogP contribution in [0.15, 0.2) is 4.52 Å². The first-order chi connectivity index (χ1) is 11.6. The van der Waals surface area contributed by atoms with Crippen molar-refractivity contribution in [1.29, 1.82) is 0 Å². The number of methoxy groups -OCH3 is 1. The van der Waals surface area contributed by atoms with E-state index < -0.39 is 5.54 Å². The van der Waals surface area contributed by atoms with Crippen molar-refractivity contribution in [3.63, 3.8) is 0 Å². The maximum atomic E-state index is 12.6. The fraction of sp³-hybridized carbons (Fsp3) is 0.824. The first-order valence-corrected chi connectivity index (χ1v) is 8.85. The minimum atomic E-state index is -0.487. The molecule has 0 unspecified atom stereocenters. The van der Waals surface area contributed by atoms with E-state index in [1.165, 1.54) is 12.8 Å². The van der Waals surface area contributed by atoms with E-state index in [1.807, 2.05) is 11.9 Å². The Morgan fingerprint density at radius 1 is 1.33 bits per heavy atom. The van der Waals surface area contributed by atoms with E-state index in [0.29, 0.717) is 24.9 Å². The van der Waals surface area contributed by atoms with Gasteiger partial charge in [0, 0.05) is 27.2 Å². The summed E-state index contributed by atoms with van der Waals surface area (Å²) in [6.45, 7) is 3.68. The topological polar surface area (TPSA) is 80.5 Å². The highest BCUT2D eigenvalue weighted by Crippen LogP contribution is 2.34. The van der Waals surface area contributed by atoms with Gasteiger partial charge in [-0.25, -0.2) is 0 Å². The monoisotopic (exact) mass is 338 g/mol. The maximum absolute atomic E-state index is 12.6. The number of carbonyl (C=O) groups excluding carboxylic acids is 1. The summed E-state index contributed by atoms with van der Waals surface area (Å²) < 4.78 is 10.2. The first kappa shape index (κ1) is 18.9. The number of ether oxygens (including phenoxy) is 1. The van der Waals surface area contributed by atoms with Crippen LogP contribution in [-0.2, 0) is 15.1 Å². The molecule has 0 aromatic carbocycles. The van der Waals surface area contributed by atoms with E-state index in [0.717, 1.165) is 38.6 Å². The molecular formula is C17H30N4O3. The molecule has 7 heteroatoms. The third kappa shape index (κ3) is 5.27. The second-order valence-electron chi connectivity index (χ2n) is 6.77. The Kier molecular flexibility index (Phi) is 7.17. The molecule has 0 atom stereocenters. The second kappa shape index (κ2) is 9.13. The largest absolute Gasteiger partial charge is 0.385 e. The fourth-order valence-corrected chi connectivity index (χ4v) is 3.34. The summed E-state index contributed by atoms with van der Waals surface area (Å²) in [4.78, 5) is 19.0. The van der Waals surface area contributed by atoms with Gasteiger partial charge in [-0.3, -0.25) is 9.69 Å². The highest BCUT2D eigenvalue weighted by atomic mass is 16.5. The lowest BCUT2D eigenvalue weighted by atomic mass is 9.89. The van der Waals surface area contributed by atoms with Crippen LogP contribution in [0.1, 0.15) is 56.7 Å². The second-order valence-corrected chi connectivity index (χ2v) is 6.77. The quantitative estimate of drug-likeness (QED) is 0.577. The van der Waals surface area contributed by atoms with Crippen molar-refractivity contribution >= 4 is 5.91 Å². The molecule has 1 aromatic rings. The lowest BCUT2D eigenvalue weighted by molar-refractivity contribution is -0.124. The average Bonchev–Trinajstić information content (AvgIpc) is 2.84. The molecule has 0 aliphatic heterocycles. The molecule has 1 N–H and O–H groups in total. The molecule has 1 amide bonds. The zero-order valence-electron chi connectivity index (χ0n) is 15.1. The van der Waals surface area contributed by atoms with Crippen LogP contribution in [0.5, 0.6) is 0 Å². The SMILES string of the molecule is COCCCN(C)CC(=O)NC1(c2noc(C)n2)CCCCCC1. The van der Waals surface area contributed by atoms with Crippen molar-refractivity contribution in [2.45, 2.75) is 57.4 Å².